The van der Waals surface area contributed by atoms with Gasteiger partial charge in [-0.3, -0.25) is 19.4 Å². The molecule has 0 aliphatic carbocycles. The Balaban J connectivity index is 1.73. The molecule has 2 atom stereocenters. The van der Waals surface area contributed by atoms with Gasteiger partial charge < -0.3 is 15.5 Å². The number of nitrogens with one attached hydrogen (secondary N) is 2. The summed E-state index contributed by atoms with van der Waals surface area (Å²) in [6.07, 6.45) is 4.73. The van der Waals surface area contributed by atoms with Crippen molar-refractivity contribution in [3.05, 3.63) is 66.2 Å². The number of aromatic nitrogens is 4. The monoisotopic (exact) mass is 563 g/mol. The lowest BCUT2D eigenvalue weighted by Gasteiger charge is -2.27. The Hall–Kier alpha value is -3.73. The van der Waals surface area contributed by atoms with Gasteiger partial charge in [0.25, 0.3) is 5.91 Å². The standard InChI is InChI=1S/C29H37N7O3S/c1-20(2)25-27-33-26(21-10-5-4-6-11-21)34-36(27)18-17-35(29(39)23-12-7-8-15-30-23)16-9-13-24(37)31-22(14-19-40-3)28(38)32-25/h4-8,10-12,15,20,22,25H,9,13-14,16-19H2,1-3H3,(H,31,37)(H,32,38)/t22-,25+/m0/s1. The van der Waals surface area contributed by atoms with E-state index in [1.807, 2.05) is 50.4 Å². The van der Waals surface area contributed by atoms with E-state index in [1.54, 1.807) is 45.7 Å². The highest BCUT2D eigenvalue weighted by atomic mass is 32.2. The average Bonchev–Trinajstić information content (AvgIpc) is 3.39. The van der Waals surface area contributed by atoms with E-state index in [1.165, 1.54) is 0 Å². The van der Waals surface area contributed by atoms with E-state index in [9.17, 15) is 14.4 Å². The summed E-state index contributed by atoms with van der Waals surface area (Å²) < 4.78 is 1.80. The smallest absolute Gasteiger partial charge is 0.272 e. The first-order valence-corrected chi connectivity index (χ1v) is 15.1. The number of pyridine rings is 1. The highest BCUT2D eigenvalue weighted by Gasteiger charge is 2.30. The van der Waals surface area contributed by atoms with Gasteiger partial charge in [-0.25, -0.2) is 9.67 Å². The number of amides is 3. The fourth-order valence-electron chi connectivity index (χ4n) is 4.62. The molecular formula is C29H37N7O3S. The second-order valence-corrected chi connectivity index (χ2v) is 11.1. The summed E-state index contributed by atoms with van der Waals surface area (Å²) in [6, 6.07) is 13.8. The molecule has 3 amide bonds. The van der Waals surface area contributed by atoms with Gasteiger partial charge in [0.1, 0.15) is 11.7 Å². The van der Waals surface area contributed by atoms with E-state index < -0.39 is 12.1 Å². The lowest BCUT2D eigenvalue weighted by atomic mass is 10.0. The molecular weight excluding hydrogens is 526 g/mol. The maximum atomic E-state index is 13.5. The van der Waals surface area contributed by atoms with Gasteiger partial charge in [0.15, 0.2) is 11.6 Å². The number of carbonyl (C=O) groups excluding carboxylic acids is 3. The summed E-state index contributed by atoms with van der Waals surface area (Å²) in [7, 11) is 0. The van der Waals surface area contributed by atoms with Crippen LogP contribution in [0.25, 0.3) is 11.4 Å². The van der Waals surface area contributed by atoms with Crippen molar-refractivity contribution >= 4 is 29.5 Å². The van der Waals surface area contributed by atoms with Gasteiger partial charge in [0, 0.05) is 31.3 Å². The third kappa shape index (κ3) is 7.47. The molecule has 1 aliphatic heterocycles. The molecule has 1 aliphatic rings. The van der Waals surface area contributed by atoms with Crippen molar-refractivity contribution in [1.29, 1.82) is 0 Å². The molecule has 2 N–H and O–H groups in total. The number of fused-ring (bicyclic) bond motifs is 1. The molecule has 10 nitrogen and oxygen atoms in total. The summed E-state index contributed by atoms with van der Waals surface area (Å²) in [4.78, 5) is 50.6. The summed E-state index contributed by atoms with van der Waals surface area (Å²) in [5.41, 5.74) is 1.21. The zero-order chi connectivity index (χ0) is 28.5. The van der Waals surface area contributed by atoms with Crippen molar-refractivity contribution in [2.45, 2.75) is 51.7 Å². The molecule has 0 spiro atoms. The highest BCUT2D eigenvalue weighted by molar-refractivity contribution is 7.98. The Morgan fingerprint density at radius 1 is 1.05 bits per heavy atom. The van der Waals surface area contributed by atoms with E-state index in [-0.39, 0.29) is 30.1 Å². The number of thioether (sulfide) groups is 1. The van der Waals surface area contributed by atoms with Crippen molar-refractivity contribution < 1.29 is 14.4 Å². The molecule has 40 heavy (non-hydrogen) atoms. The Morgan fingerprint density at radius 2 is 1.82 bits per heavy atom. The Kier molecular flexibility index (Phi) is 10.3. The molecule has 212 valence electrons. The number of rotatable bonds is 6. The van der Waals surface area contributed by atoms with Crippen LogP contribution in [-0.4, -0.2) is 73.5 Å². The van der Waals surface area contributed by atoms with Crippen LogP contribution in [-0.2, 0) is 16.1 Å². The quantitative estimate of drug-likeness (QED) is 0.472. The third-order valence-electron chi connectivity index (χ3n) is 6.82. The summed E-state index contributed by atoms with van der Waals surface area (Å²) in [5.74, 6) is 1.23. The van der Waals surface area contributed by atoms with Gasteiger partial charge >= 0.3 is 0 Å². The first-order valence-electron chi connectivity index (χ1n) is 13.7. The Morgan fingerprint density at radius 3 is 2.52 bits per heavy atom. The van der Waals surface area contributed by atoms with Crippen molar-refractivity contribution in [3.8, 4) is 11.4 Å². The Bertz CT molecular complexity index is 1280. The molecule has 2 aromatic heterocycles. The van der Waals surface area contributed by atoms with Crippen LogP contribution in [0.5, 0.6) is 0 Å². The van der Waals surface area contributed by atoms with E-state index in [4.69, 9.17) is 10.1 Å². The first-order chi connectivity index (χ1) is 19.4. The zero-order valence-corrected chi connectivity index (χ0v) is 24.1. The van der Waals surface area contributed by atoms with Gasteiger partial charge in [-0.15, -0.1) is 0 Å². The van der Waals surface area contributed by atoms with E-state index >= 15 is 0 Å². The summed E-state index contributed by atoms with van der Waals surface area (Å²) in [5, 5.41) is 10.9. The van der Waals surface area contributed by atoms with Gasteiger partial charge in [0.05, 0.1) is 12.6 Å². The normalized spacial score (nSPS) is 18.9. The van der Waals surface area contributed by atoms with Crippen molar-refractivity contribution in [2.75, 3.05) is 25.1 Å². The third-order valence-corrected chi connectivity index (χ3v) is 7.47. The predicted octanol–water partition coefficient (Wildman–Crippen LogP) is 3.33. The van der Waals surface area contributed by atoms with Gasteiger partial charge in [0.2, 0.25) is 11.8 Å². The van der Waals surface area contributed by atoms with Crippen LogP contribution >= 0.6 is 11.8 Å². The predicted molar refractivity (Wildman–Crippen MR) is 155 cm³/mol. The van der Waals surface area contributed by atoms with Crippen molar-refractivity contribution in [2.24, 2.45) is 5.92 Å². The van der Waals surface area contributed by atoms with Crippen LogP contribution in [0, 0.1) is 5.92 Å². The molecule has 11 heteroatoms. The number of nitrogens with zero attached hydrogens (tertiary/aromatic N) is 5. The minimum absolute atomic E-state index is 0.00779. The molecule has 0 saturated heterocycles. The SMILES string of the molecule is CSCC[C@@H]1NC(=O)CCCN(C(=O)c2ccccn2)CCn2nc(-c3ccccc3)nc2[C@@H](C(C)C)NC1=O. The van der Waals surface area contributed by atoms with Crippen LogP contribution in [0.15, 0.2) is 54.7 Å². The second kappa shape index (κ2) is 14.1. The minimum atomic E-state index is -0.666. The fourth-order valence-corrected chi connectivity index (χ4v) is 5.10. The largest absolute Gasteiger partial charge is 0.344 e. The van der Waals surface area contributed by atoms with Crippen LogP contribution in [0.2, 0.25) is 0 Å². The molecule has 3 heterocycles. The van der Waals surface area contributed by atoms with Crippen molar-refractivity contribution in [1.82, 2.24) is 35.3 Å². The lowest BCUT2D eigenvalue weighted by Crippen LogP contribution is -2.49. The maximum Gasteiger partial charge on any atom is 0.272 e. The molecule has 3 aromatic rings. The zero-order valence-electron chi connectivity index (χ0n) is 23.2. The van der Waals surface area contributed by atoms with Crippen molar-refractivity contribution in [3.63, 3.8) is 0 Å². The summed E-state index contributed by atoms with van der Waals surface area (Å²) >= 11 is 1.62. The van der Waals surface area contributed by atoms with Gasteiger partial charge in [-0.2, -0.15) is 16.9 Å². The first kappa shape index (κ1) is 29.3. The molecule has 0 fully saturated rings. The molecule has 0 saturated carbocycles. The van der Waals surface area contributed by atoms with Crippen LogP contribution in [0.4, 0.5) is 0 Å². The Labute approximate surface area is 239 Å². The van der Waals surface area contributed by atoms with Crippen LogP contribution in [0.3, 0.4) is 0 Å². The fraction of sp³-hybridized carbons (Fsp3) is 0.448. The van der Waals surface area contributed by atoms with E-state index in [0.29, 0.717) is 49.8 Å². The van der Waals surface area contributed by atoms with Gasteiger partial charge in [-0.1, -0.05) is 50.2 Å². The van der Waals surface area contributed by atoms with Crippen LogP contribution in [0.1, 0.15) is 55.5 Å². The molecule has 4 rings (SSSR count). The molecule has 0 bridgehead atoms. The molecule has 0 unspecified atom stereocenters. The minimum Gasteiger partial charge on any atom is -0.344 e. The average molecular weight is 564 g/mol. The summed E-state index contributed by atoms with van der Waals surface area (Å²) in [6.45, 7) is 5.11. The van der Waals surface area contributed by atoms with E-state index in [2.05, 4.69) is 15.6 Å². The topological polar surface area (TPSA) is 122 Å². The number of carbonyl (C=O) groups is 3. The number of benzene rings is 1. The van der Waals surface area contributed by atoms with Gasteiger partial charge in [-0.05, 0) is 42.9 Å². The molecule has 0 radical (unpaired) electrons. The number of hydrogen-bond acceptors (Lipinski definition) is 7. The van der Waals surface area contributed by atoms with Crippen LogP contribution < -0.4 is 10.6 Å². The number of hydrogen-bond donors (Lipinski definition) is 2. The molecule has 1 aromatic carbocycles. The maximum absolute atomic E-state index is 13.5. The second-order valence-electron chi connectivity index (χ2n) is 10.1. The highest BCUT2D eigenvalue weighted by Crippen LogP contribution is 2.25. The lowest BCUT2D eigenvalue weighted by molar-refractivity contribution is -0.129. The van der Waals surface area contributed by atoms with E-state index in [0.717, 1.165) is 11.3 Å².